The minimum absolute atomic E-state index is 0. The van der Waals surface area contributed by atoms with Crippen molar-refractivity contribution in [3.63, 3.8) is 0 Å². The van der Waals surface area contributed by atoms with Crippen LogP contribution < -0.4 is 20.1 Å². The molecular formula is C15H26FIN4O3S. The molecule has 0 heterocycles. The van der Waals surface area contributed by atoms with Crippen molar-refractivity contribution in [1.82, 2.24) is 15.4 Å². The van der Waals surface area contributed by atoms with Crippen LogP contribution in [-0.4, -0.2) is 53.4 Å². The Morgan fingerprint density at radius 3 is 2.52 bits per heavy atom. The molecule has 0 bridgehead atoms. The number of para-hydroxylation sites is 1. The zero-order valence-corrected chi connectivity index (χ0v) is 17.7. The van der Waals surface area contributed by atoms with Gasteiger partial charge in [-0.15, -0.1) is 24.0 Å². The van der Waals surface area contributed by atoms with Gasteiger partial charge in [-0.05, 0) is 18.6 Å². The molecule has 7 nitrogen and oxygen atoms in total. The zero-order valence-electron chi connectivity index (χ0n) is 14.6. The minimum atomic E-state index is -3.20. The maximum Gasteiger partial charge on any atom is 0.208 e. The fourth-order valence-corrected chi connectivity index (χ4v) is 2.31. The molecule has 3 N–H and O–H groups in total. The maximum absolute atomic E-state index is 13.6. The SMILES string of the molecule is CCC(CNC(=NC)NCCNS(C)(=O)=O)Oc1ccccc1F.I. The summed E-state index contributed by atoms with van der Waals surface area (Å²) in [6.45, 7) is 3.02. The van der Waals surface area contributed by atoms with Gasteiger partial charge in [-0.3, -0.25) is 4.99 Å². The van der Waals surface area contributed by atoms with Crippen molar-refractivity contribution in [2.24, 2.45) is 4.99 Å². The summed E-state index contributed by atoms with van der Waals surface area (Å²) in [4.78, 5) is 4.04. The smallest absolute Gasteiger partial charge is 0.208 e. The summed E-state index contributed by atoms with van der Waals surface area (Å²) in [5.74, 6) is 0.331. The fourth-order valence-electron chi connectivity index (χ4n) is 1.84. The monoisotopic (exact) mass is 488 g/mol. The first-order valence-corrected chi connectivity index (χ1v) is 9.55. The maximum atomic E-state index is 13.6. The van der Waals surface area contributed by atoms with Gasteiger partial charge in [0.25, 0.3) is 0 Å². The molecule has 1 aromatic rings. The first kappa shape index (κ1) is 23.9. The predicted molar refractivity (Wildman–Crippen MR) is 109 cm³/mol. The van der Waals surface area contributed by atoms with E-state index in [9.17, 15) is 12.8 Å². The van der Waals surface area contributed by atoms with E-state index in [0.29, 0.717) is 25.5 Å². The fraction of sp³-hybridized carbons (Fsp3) is 0.533. The number of nitrogens with one attached hydrogen (secondary N) is 3. The highest BCUT2D eigenvalue weighted by molar-refractivity contribution is 14.0. The van der Waals surface area contributed by atoms with E-state index in [2.05, 4.69) is 20.3 Å². The van der Waals surface area contributed by atoms with Crippen molar-refractivity contribution in [2.45, 2.75) is 19.4 Å². The Morgan fingerprint density at radius 1 is 1.28 bits per heavy atom. The number of halogens is 2. The van der Waals surface area contributed by atoms with E-state index in [1.54, 1.807) is 25.2 Å². The molecule has 25 heavy (non-hydrogen) atoms. The Hall–Kier alpha value is -1.14. The number of hydrogen-bond donors (Lipinski definition) is 3. The van der Waals surface area contributed by atoms with Gasteiger partial charge in [0.1, 0.15) is 6.10 Å². The van der Waals surface area contributed by atoms with Gasteiger partial charge in [0.15, 0.2) is 17.5 Å². The molecule has 0 radical (unpaired) electrons. The van der Waals surface area contributed by atoms with E-state index in [1.165, 1.54) is 6.07 Å². The second kappa shape index (κ2) is 12.3. The van der Waals surface area contributed by atoms with Gasteiger partial charge < -0.3 is 15.4 Å². The Bertz CT molecular complexity index is 643. The Balaban J connectivity index is 0.00000576. The molecule has 1 atom stereocenters. The molecular weight excluding hydrogens is 462 g/mol. The van der Waals surface area contributed by atoms with Crippen molar-refractivity contribution >= 4 is 40.0 Å². The average Bonchev–Trinajstić information content (AvgIpc) is 2.53. The molecule has 1 aromatic carbocycles. The number of sulfonamides is 1. The normalized spacial score (nSPS) is 12.9. The van der Waals surface area contributed by atoms with Gasteiger partial charge in [0.2, 0.25) is 10.0 Å². The topological polar surface area (TPSA) is 91.8 Å². The predicted octanol–water partition coefficient (Wildman–Crippen LogP) is 1.32. The second-order valence-electron chi connectivity index (χ2n) is 5.12. The van der Waals surface area contributed by atoms with Crippen LogP contribution in [0.2, 0.25) is 0 Å². The van der Waals surface area contributed by atoms with Crippen molar-refractivity contribution in [2.75, 3.05) is 32.9 Å². The van der Waals surface area contributed by atoms with Crippen LogP contribution in [0.1, 0.15) is 13.3 Å². The highest BCUT2D eigenvalue weighted by Crippen LogP contribution is 2.17. The molecule has 0 aliphatic heterocycles. The molecule has 10 heteroatoms. The number of guanidine groups is 1. The number of ether oxygens (including phenoxy) is 1. The minimum Gasteiger partial charge on any atom is -0.486 e. The first-order chi connectivity index (χ1) is 11.4. The van der Waals surface area contributed by atoms with Crippen molar-refractivity contribution in [1.29, 1.82) is 0 Å². The van der Waals surface area contributed by atoms with Crippen LogP contribution in [0.5, 0.6) is 5.75 Å². The quantitative estimate of drug-likeness (QED) is 0.211. The lowest BCUT2D eigenvalue weighted by Gasteiger charge is -2.20. The molecule has 0 aliphatic rings. The third-order valence-corrected chi connectivity index (χ3v) is 3.82. The lowest BCUT2D eigenvalue weighted by Crippen LogP contribution is -2.44. The van der Waals surface area contributed by atoms with Crippen LogP contribution in [0.3, 0.4) is 0 Å². The van der Waals surface area contributed by atoms with Crippen LogP contribution >= 0.6 is 24.0 Å². The summed E-state index contributed by atoms with van der Waals surface area (Å²) < 4.78 is 43.6. The van der Waals surface area contributed by atoms with Gasteiger partial charge in [0, 0.05) is 20.1 Å². The lowest BCUT2D eigenvalue weighted by molar-refractivity contribution is 0.191. The van der Waals surface area contributed by atoms with Crippen molar-refractivity contribution in [3.8, 4) is 5.75 Å². The van der Waals surface area contributed by atoms with Gasteiger partial charge in [-0.2, -0.15) is 0 Å². The summed E-state index contributed by atoms with van der Waals surface area (Å²) in [6.07, 6.45) is 1.56. The Labute approximate surface area is 165 Å². The molecule has 0 aliphatic carbocycles. The van der Waals surface area contributed by atoms with Gasteiger partial charge in [-0.25, -0.2) is 17.5 Å². The van der Waals surface area contributed by atoms with Crippen LogP contribution in [-0.2, 0) is 10.0 Å². The summed E-state index contributed by atoms with van der Waals surface area (Å²) in [5.41, 5.74) is 0. The molecule has 0 amide bonds. The number of benzene rings is 1. The standard InChI is InChI=1S/C15H25FN4O3S.HI/c1-4-12(23-14-8-6-5-7-13(14)16)11-19-15(17-2)18-9-10-20-24(3,21)22;/h5-8,12,20H,4,9-11H2,1-3H3,(H2,17,18,19);1H. The summed E-state index contributed by atoms with van der Waals surface area (Å²) >= 11 is 0. The number of nitrogens with zero attached hydrogens (tertiary/aromatic N) is 1. The molecule has 0 saturated heterocycles. The third-order valence-electron chi connectivity index (χ3n) is 3.09. The van der Waals surface area contributed by atoms with Crippen molar-refractivity contribution < 1.29 is 17.5 Å². The highest BCUT2D eigenvalue weighted by atomic mass is 127. The number of rotatable bonds is 9. The Kier molecular flexibility index (Phi) is 11.7. The average molecular weight is 488 g/mol. The Morgan fingerprint density at radius 2 is 1.96 bits per heavy atom. The third kappa shape index (κ3) is 10.4. The van der Waals surface area contributed by atoms with Gasteiger partial charge >= 0.3 is 0 Å². The van der Waals surface area contributed by atoms with Crippen LogP contribution in [0.4, 0.5) is 4.39 Å². The highest BCUT2D eigenvalue weighted by Gasteiger charge is 2.12. The van der Waals surface area contributed by atoms with E-state index in [4.69, 9.17) is 4.74 Å². The largest absolute Gasteiger partial charge is 0.486 e. The summed E-state index contributed by atoms with van der Waals surface area (Å²) in [7, 11) is -1.59. The first-order valence-electron chi connectivity index (χ1n) is 7.66. The van der Waals surface area contributed by atoms with E-state index in [-0.39, 0.29) is 42.4 Å². The molecule has 0 spiro atoms. The van der Waals surface area contributed by atoms with E-state index < -0.39 is 15.8 Å². The summed E-state index contributed by atoms with van der Waals surface area (Å²) in [5, 5.41) is 6.05. The molecule has 0 aromatic heterocycles. The second-order valence-corrected chi connectivity index (χ2v) is 6.96. The number of hydrogen-bond acceptors (Lipinski definition) is 4. The van der Waals surface area contributed by atoms with Crippen LogP contribution in [0.25, 0.3) is 0 Å². The van der Waals surface area contributed by atoms with Crippen LogP contribution in [0.15, 0.2) is 29.3 Å². The van der Waals surface area contributed by atoms with Crippen LogP contribution in [0, 0.1) is 5.82 Å². The van der Waals surface area contributed by atoms with E-state index in [1.807, 2.05) is 6.92 Å². The lowest BCUT2D eigenvalue weighted by atomic mass is 10.2. The zero-order chi connectivity index (χ0) is 18.0. The van der Waals surface area contributed by atoms with E-state index in [0.717, 1.165) is 6.26 Å². The van der Waals surface area contributed by atoms with Crippen molar-refractivity contribution in [3.05, 3.63) is 30.1 Å². The summed E-state index contributed by atoms with van der Waals surface area (Å²) in [6, 6.07) is 6.26. The van der Waals surface area contributed by atoms with Gasteiger partial charge in [0.05, 0.1) is 12.8 Å². The molecule has 1 rings (SSSR count). The molecule has 0 saturated carbocycles. The molecule has 0 fully saturated rings. The van der Waals surface area contributed by atoms with E-state index >= 15 is 0 Å². The van der Waals surface area contributed by atoms with Gasteiger partial charge in [-0.1, -0.05) is 19.1 Å². The number of aliphatic imine (C=N–C) groups is 1. The molecule has 1 unspecified atom stereocenters. The molecule has 144 valence electrons.